The lowest BCUT2D eigenvalue weighted by Gasteiger charge is -2.16. The van der Waals surface area contributed by atoms with Crippen molar-refractivity contribution in [2.45, 2.75) is 6.42 Å². The first-order chi connectivity index (χ1) is 11.7. The zero-order chi connectivity index (χ0) is 16.8. The predicted molar refractivity (Wildman–Crippen MR) is 95.8 cm³/mol. The van der Waals surface area contributed by atoms with Crippen LogP contribution in [0.15, 0.2) is 61.1 Å². The predicted octanol–water partition coefficient (Wildman–Crippen LogP) is 2.74. The molecule has 5 heteroatoms. The molecule has 0 unspecified atom stereocenters. The highest BCUT2D eigenvalue weighted by atomic mass is 16.2. The third-order valence-corrected chi connectivity index (χ3v) is 3.85. The molecule has 3 rings (SSSR count). The van der Waals surface area contributed by atoms with Gasteiger partial charge in [0.25, 0.3) is 0 Å². The molecule has 0 radical (unpaired) electrons. The second kappa shape index (κ2) is 7.66. The average Bonchev–Trinajstić information content (AvgIpc) is 2.61. The smallest absolute Gasteiger partial charge is 0.238 e. The molecule has 1 N–H and O–H groups in total. The number of anilines is 1. The van der Waals surface area contributed by atoms with Crippen molar-refractivity contribution in [1.29, 1.82) is 0 Å². The van der Waals surface area contributed by atoms with Crippen LogP contribution in [0.4, 0.5) is 5.69 Å². The van der Waals surface area contributed by atoms with Crippen LogP contribution in [0.2, 0.25) is 0 Å². The molecule has 0 aliphatic heterocycles. The van der Waals surface area contributed by atoms with Gasteiger partial charge in [-0.15, -0.1) is 0 Å². The van der Waals surface area contributed by atoms with E-state index in [1.54, 1.807) is 18.6 Å². The van der Waals surface area contributed by atoms with Crippen LogP contribution in [0.25, 0.3) is 10.9 Å². The van der Waals surface area contributed by atoms with Crippen molar-refractivity contribution in [1.82, 2.24) is 14.9 Å². The number of carbonyl (C=O) groups is 1. The lowest BCUT2D eigenvalue weighted by Crippen LogP contribution is -2.31. The molecule has 2 aromatic heterocycles. The van der Waals surface area contributed by atoms with E-state index in [-0.39, 0.29) is 5.91 Å². The summed E-state index contributed by atoms with van der Waals surface area (Å²) in [6.45, 7) is 1.15. The number of pyridine rings is 2. The molecule has 3 aromatic rings. The maximum Gasteiger partial charge on any atom is 0.238 e. The van der Waals surface area contributed by atoms with E-state index in [0.717, 1.165) is 29.6 Å². The molecule has 2 heterocycles. The Balaban J connectivity index is 1.56. The molecule has 0 spiro atoms. The fourth-order valence-electron chi connectivity index (χ4n) is 2.59. The molecule has 0 bridgehead atoms. The zero-order valence-corrected chi connectivity index (χ0v) is 13.6. The standard InChI is InChI=1S/C19H20N4O/c1-23(13-9-15-7-11-20-12-8-15)14-18(24)22-17-6-2-4-16-5-3-10-21-19(16)17/h2-8,10-12H,9,13-14H2,1H3,(H,22,24). The number of amides is 1. The second-order valence-electron chi connectivity index (χ2n) is 5.77. The number of para-hydroxylation sites is 1. The Labute approximate surface area is 141 Å². The van der Waals surface area contributed by atoms with Crippen LogP contribution in [-0.4, -0.2) is 40.9 Å². The van der Waals surface area contributed by atoms with E-state index in [9.17, 15) is 4.79 Å². The zero-order valence-electron chi connectivity index (χ0n) is 13.6. The molecule has 24 heavy (non-hydrogen) atoms. The van der Waals surface area contributed by atoms with Gasteiger partial charge in [-0.25, -0.2) is 0 Å². The molecular formula is C19H20N4O. The summed E-state index contributed by atoms with van der Waals surface area (Å²) in [5.41, 5.74) is 2.78. The monoisotopic (exact) mass is 320 g/mol. The molecular weight excluding hydrogens is 300 g/mol. The van der Waals surface area contributed by atoms with Crippen molar-refractivity contribution < 1.29 is 4.79 Å². The summed E-state index contributed by atoms with van der Waals surface area (Å²) < 4.78 is 0. The number of rotatable bonds is 6. The topological polar surface area (TPSA) is 58.1 Å². The van der Waals surface area contributed by atoms with Gasteiger partial charge < -0.3 is 5.32 Å². The lowest BCUT2D eigenvalue weighted by atomic mass is 10.2. The van der Waals surface area contributed by atoms with Gasteiger partial charge in [0.2, 0.25) is 5.91 Å². The van der Waals surface area contributed by atoms with Crippen LogP contribution in [0.3, 0.4) is 0 Å². The van der Waals surface area contributed by atoms with E-state index in [1.165, 1.54) is 5.56 Å². The van der Waals surface area contributed by atoms with Crippen molar-refractivity contribution in [3.8, 4) is 0 Å². The highest BCUT2D eigenvalue weighted by Crippen LogP contribution is 2.20. The summed E-state index contributed by atoms with van der Waals surface area (Å²) in [4.78, 5) is 22.7. The van der Waals surface area contributed by atoms with Crippen LogP contribution in [0, 0.1) is 0 Å². The van der Waals surface area contributed by atoms with Gasteiger partial charge in [-0.3, -0.25) is 19.7 Å². The van der Waals surface area contributed by atoms with E-state index < -0.39 is 0 Å². The Morgan fingerprint density at radius 1 is 1.08 bits per heavy atom. The number of likely N-dealkylation sites (N-methyl/N-ethyl adjacent to an activating group) is 1. The third-order valence-electron chi connectivity index (χ3n) is 3.85. The summed E-state index contributed by atoms with van der Waals surface area (Å²) in [5, 5.41) is 3.98. The Kier molecular flexibility index (Phi) is 5.13. The van der Waals surface area contributed by atoms with E-state index in [0.29, 0.717) is 6.54 Å². The minimum absolute atomic E-state index is 0.0367. The van der Waals surface area contributed by atoms with E-state index in [1.807, 2.05) is 54.4 Å². The van der Waals surface area contributed by atoms with Gasteiger partial charge in [-0.05, 0) is 43.3 Å². The molecule has 0 fully saturated rings. The van der Waals surface area contributed by atoms with Crippen molar-refractivity contribution in [3.63, 3.8) is 0 Å². The summed E-state index contributed by atoms with van der Waals surface area (Å²) in [6.07, 6.45) is 6.20. The largest absolute Gasteiger partial charge is 0.323 e. The Morgan fingerprint density at radius 3 is 2.71 bits per heavy atom. The van der Waals surface area contributed by atoms with Crippen molar-refractivity contribution in [3.05, 3.63) is 66.6 Å². The Hall–Kier alpha value is -2.79. The van der Waals surface area contributed by atoms with E-state index >= 15 is 0 Å². The molecule has 1 amide bonds. The number of nitrogens with one attached hydrogen (secondary N) is 1. The molecule has 122 valence electrons. The highest BCUT2D eigenvalue weighted by molar-refractivity contribution is 6.00. The van der Waals surface area contributed by atoms with Crippen LogP contribution in [-0.2, 0) is 11.2 Å². The van der Waals surface area contributed by atoms with E-state index in [4.69, 9.17) is 0 Å². The van der Waals surface area contributed by atoms with Crippen LogP contribution >= 0.6 is 0 Å². The van der Waals surface area contributed by atoms with Crippen LogP contribution in [0.5, 0.6) is 0 Å². The van der Waals surface area contributed by atoms with Crippen molar-refractivity contribution in [2.75, 3.05) is 25.5 Å². The number of carbonyl (C=O) groups excluding carboxylic acids is 1. The van der Waals surface area contributed by atoms with Gasteiger partial charge in [0.1, 0.15) is 0 Å². The summed E-state index contributed by atoms with van der Waals surface area (Å²) in [5.74, 6) is -0.0367. The van der Waals surface area contributed by atoms with Crippen LogP contribution < -0.4 is 5.32 Å². The minimum atomic E-state index is -0.0367. The first-order valence-electron chi connectivity index (χ1n) is 7.93. The molecule has 0 atom stereocenters. The van der Waals surface area contributed by atoms with Gasteiger partial charge in [-0.1, -0.05) is 18.2 Å². The van der Waals surface area contributed by atoms with Gasteiger partial charge in [-0.2, -0.15) is 0 Å². The van der Waals surface area contributed by atoms with Crippen molar-refractivity contribution >= 4 is 22.5 Å². The molecule has 0 aliphatic carbocycles. The number of benzene rings is 1. The van der Waals surface area contributed by atoms with Gasteiger partial charge in [0.05, 0.1) is 17.7 Å². The first kappa shape index (κ1) is 16.1. The molecule has 0 saturated heterocycles. The molecule has 5 nitrogen and oxygen atoms in total. The number of hydrogen-bond donors (Lipinski definition) is 1. The summed E-state index contributed by atoms with van der Waals surface area (Å²) >= 11 is 0. The maximum absolute atomic E-state index is 12.3. The Bertz CT molecular complexity index is 814. The quantitative estimate of drug-likeness (QED) is 0.759. The summed E-state index contributed by atoms with van der Waals surface area (Å²) in [7, 11) is 1.95. The number of nitrogens with zero attached hydrogens (tertiary/aromatic N) is 3. The van der Waals surface area contributed by atoms with Crippen LogP contribution in [0.1, 0.15) is 5.56 Å². The summed E-state index contributed by atoms with van der Waals surface area (Å²) in [6, 6.07) is 13.7. The Morgan fingerprint density at radius 2 is 1.88 bits per heavy atom. The number of hydrogen-bond acceptors (Lipinski definition) is 4. The fourth-order valence-corrected chi connectivity index (χ4v) is 2.59. The van der Waals surface area contributed by atoms with E-state index in [2.05, 4.69) is 15.3 Å². The highest BCUT2D eigenvalue weighted by Gasteiger charge is 2.09. The molecule has 0 aliphatic rings. The lowest BCUT2D eigenvalue weighted by molar-refractivity contribution is -0.117. The van der Waals surface area contributed by atoms with Crippen molar-refractivity contribution in [2.24, 2.45) is 0 Å². The maximum atomic E-state index is 12.3. The minimum Gasteiger partial charge on any atom is -0.323 e. The number of fused-ring (bicyclic) bond motifs is 1. The SMILES string of the molecule is CN(CCc1ccncc1)CC(=O)Nc1cccc2cccnc12. The third kappa shape index (κ3) is 4.14. The normalized spacial score (nSPS) is 10.9. The van der Waals surface area contributed by atoms with Gasteiger partial charge in [0, 0.05) is 30.5 Å². The fraction of sp³-hybridized carbons (Fsp3) is 0.211. The average molecular weight is 320 g/mol. The first-order valence-corrected chi connectivity index (χ1v) is 7.93. The molecule has 1 aromatic carbocycles. The molecule has 0 saturated carbocycles. The second-order valence-corrected chi connectivity index (χ2v) is 5.77. The number of aromatic nitrogens is 2. The van der Waals surface area contributed by atoms with Gasteiger partial charge >= 0.3 is 0 Å². The van der Waals surface area contributed by atoms with Gasteiger partial charge in [0.15, 0.2) is 0 Å².